The van der Waals surface area contributed by atoms with Crippen LogP contribution in [0, 0.1) is 0 Å². The second kappa shape index (κ2) is 6.43. The molecule has 0 aliphatic carbocycles. The van der Waals surface area contributed by atoms with E-state index < -0.39 is 5.79 Å². The van der Waals surface area contributed by atoms with Crippen molar-refractivity contribution in [3.63, 3.8) is 0 Å². The van der Waals surface area contributed by atoms with Gasteiger partial charge in [0.1, 0.15) is 6.10 Å². The van der Waals surface area contributed by atoms with Crippen LogP contribution in [0.5, 0.6) is 11.5 Å². The summed E-state index contributed by atoms with van der Waals surface area (Å²) in [5.74, 6) is 0.915. The molecule has 20 heavy (non-hydrogen) atoms. The van der Waals surface area contributed by atoms with Crippen LogP contribution in [0.1, 0.15) is 19.4 Å². The summed E-state index contributed by atoms with van der Waals surface area (Å²) in [5.41, 5.74) is 1.03. The predicted octanol–water partition coefficient (Wildman–Crippen LogP) is 2.37. The number of rotatable bonds is 6. The first-order valence-corrected chi connectivity index (χ1v) is 6.64. The number of hydrogen-bond donors (Lipinski definition) is 0. The first-order chi connectivity index (χ1) is 9.54. The average molecular weight is 282 g/mol. The molecule has 0 spiro atoms. The lowest BCUT2D eigenvalue weighted by Gasteiger charge is -2.17. The highest BCUT2D eigenvalue weighted by atomic mass is 16.7. The lowest BCUT2D eigenvalue weighted by atomic mass is 10.2. The van der Waals surface area contributed by atoms with Gasteiger partial charge in [-0.25, -0.2) is 0 Å². The Balaban J connectivity index is 1.82. The van der Waals surface area contributed by atoms with Crippen LogP contribution >= 0.6 is 0 Å². The molecule has 0 aromatic heterocycles. The van der Waals surface area contributed by atoms with Crippen molar-refractivity contribution in [1.82, 2.24) is 0 Å². The molecule has 0 radical (unpaired) electrons. The van der Waals surface area contributed by atoms with Crippen LogP contribution in [0.3, 0.4) is 0 Å². The van der Waals surface area contributed by atoms with E-state index in [1.165, 1.54) is 0 Å². The molecule has 1 heterocycles. The molecule has 0 N–H and O–H groups in total. The number of benzene rings is 1. The van der Waals surface area contributed by atoms with Crippen molar-refractivity contribution >= 4 is 0 Å². The van der Waals surface area contributed by atoms with Gasteiger partial charge < -0.3 is 23.7 Å². The van der Waals surface area contributed by atoms with Gasteiger partial charge >= 0.3 is 0 Å². The number of methoxy groups -OCH3 is 2. The Labute approximate surface area is 119 Å². The van der Waals surface area contributed by atoms with Gasteiger partial charge in [0, 0.05) is 0 Å². The summed E-state index contributed by atoms with van der Waals surface area (Å²) >= 11 is 0. The molecule has 1 aliphatic rings. The van der Waals surface area contributed by atoms with Crippen molar-refractivity contribution in [1.29, 1.82) is 0 Å². The molecule has 1 aromatic rings. The van der Waals surface area contributed by atoms with Gasteiger partial charge in [-0.2, -0.15) is 0 Å². The summed E-state index contributed by atoms with van der Waals surface area (Å²) in [6, 6.07) is 5.74. The zero-order valence-corrected chi connectivity index (χ0v) is 12.5. The van der Waals surface area contributed by atoms with Crippen molar-refractivity contribution in [2.75, 3.05) is 27.4 Å². The lowest BCUT2D eigenvalue weighted by Crippen LogP contribution is -2.24. The Morgan fingerprint density at radius 3 is 2.55 bits per heavy atom. The fourth-order valence-corrected chi connectivity index (χ4v) is 2.12. The van der Waals surface area contributed by atoms with Gasteiger partial charge in [-0.15, -0.1) is 0 Å². The summed E-state index contributed by atoms with van der Waals surface area (Å²) in [7, 11) is 3.24. The Morgan fingerprint density at radius 2 is 1.95 bits per heavy atom. The minimum Gasteiger partial charge on any atom is -0.493 e. The van der Waals surface area contributed by atoms with Crippen molar-refractivity contribution in [2.45, 2.75) is 32.3 Å². The zero-order valence-electron chi connectivity index (χ0n) is 12.5. The SMILES string of the molecule is COc1ccc(COC[C@H]2COC(C)(C)O2)cc1OC. The second-order valence-electron chi connectivity index (χ2n) is 5.16. The molecule has 112 valence electrons. The van der Waals surface area contributed by atoms with E-state index in [9.17, 15) is 0 Å². The standard InChI is InChI=1S/C15H22O5/c1-15(2)19-10-12(20-15)9-18-8-11-5-6-13(16-3)14(7-11)17-4/h5-7,12H,8-10H2,1-4H3/t12-/m0/s1. The van der Waals surface area contributed by atoms with Crippen molar-refractivity contribution in [3.8, 4) is 11.5 Å². The maximum atomic E-state index is 5.68. The summed E-state index contributed by atoms with van der Waals surface area (Å²) in [5, 5.41) is 0. The number of hydrogen-bond acceptors (Lipinski definition) is 5. The van der Waals surface area contributed by atoms with E-state index in [0.29, 0.717) is 31.3 Å². The summed E-state index contributed by atoms with van der Waals surface area (Å²) in [6.45, 7) is 5.39. The third kappa shape index (κ3) is 3.85. The highest BCUT2D eigenvalue weighted by molar-refractivity contribution is 5.42. The molecule has 2 rings (SSSR count). The summed E-state index contributed by atoms with van der Waals surface area (Å²) in [6.07, 6.45) is -0.00913. The lowest BCUT2D eigenvalue weighted by molar-refractivity contribution is -0.145. The molecule has 1 saturated heterocycles. The van der Waals surface area contributed by atoms with Crippen molar-refractivity contribution in [3.05, 3.63) is 23.8 Å². The third-order valence-corrected chi connectivity index (χ3v) is 3.09. The van der Waals surface area contributed by atoms with E-state index in [2.05, 4.69) is 0 Å². The minimum atomic E-state index is -0.503. The Hall–Kier alpha value is -1.30. The largest absolute Gasteiger partial charge is 0.493 e. The molecule has 1 aliphatic heterocycles. The van der Waals surface area contributed by atoms with E-state index >= 15 is 0 Å². The molecule has 1 aromatic carbocycles. The molecular formula is C15H22O5. The average Bonchev–Trinajstić information content (AvgIpc) is 2.78. The first kappa shape index (κ1) is 15.1. The van der Waals surface area contributed by atoms with Gasteiger partial charge in [0.15, 0.2) is 17.3 Å². The maximum absolute atomic E-state index is 5.68. The van der Waals surface area contributed by atoms with Crippen LogP contribution in [0.4, 0.5) is 0 Å². The molecule has 1 atom stereocenters. The fraction of sp³-hybridized carbons (Fsp3) is 0.600. The quantitative estimate of drug-likeness (QED) is 0.801. The first-order valence-electron chi connectivity index (χ1n) is 6.64. The summed E-state index contributed by atoms with van der Waals surface area (Å²) < 4.78 is 27.3. The topological polar surface area (TPSA) is 46.2 Å². The monoisotopic (exact) mass is 282 g/mol. The molecule has 1 fully saturated rings. The van der Waals surface area contributed by atoms with Crippen LogP contribution in [0.25, 0.3) is 0 Å². The van der Waals surface area contributed by atoms with Gasteiger partial charge in [-0.05, 0) is 31.5 Å². The molecule has 5 nitrogen and oxygen atoms in total. The van der Waals surface area contributed by atoms with Crippen LogP contribution in [-0.2, 0) is 20.8 Å². The van der Waals surface area contributed by atoms with Crippen LogP contribution in [-0.4, -0.2) is 39.3 Å². The van der Waals surface area contributed by atoms with E-state index in [1.807, 2.05) is 32.0 Å². The Kier molecular flexibility index (Phi) is 4.86. The zero-order chi connectivity index (χ0) is 14.6. The van der Waals surface area contributed by atoms with E-state index in [4.69, 9.17) is 23.7 Å². The maximum Gasteiger partial charge on any atom is 0.163 e. The molecule has 0 amide bonds. The molecule has 0 saturated carbocycles. The van der Waals surface area contributed by atoms with Gasteiger partial charge in [0.2, 0.25) is 0 Å². The highest BCUT2D eigenvalue weighted by Gasteiger charge is 2.32. The van der Waals surface area contributed by atoms with Crippen molar-refractivity contribution < 1.29 is 23.7 Å². The van der Waals surface area contributed by atoms with Gasteiger partial charge in [-0.1, -0.05) is 6.07 Å². The van der Waals surface area contributed by atoms with Crippen LogP contribution < -0.4 is 9.47 Å². The minimum absolute atomic E-state index is 0.00913. The van der Waals surface area contributed by atoms with Gasteiger partial charge in [0.05, 0.1) is 34.0 Å². The Bertz CT molecular complexity index is 444. The van der Waals surface area contributed by atoms with Gasteiger partial charge in [-0.3, -0.25) is 0 Å². The normalized spacial score (nSPS) is 20.9. The van der Waals surface area contributed by atoms with Gasteiger partial charge in [0.25, 0.3) is 0 Å². The third-order valence-electron chi connectivity index (χ3n) is 3.09. The molecule has 0 unspecified atom stereocenters. The van der Waals surface area contributed by atoms with E-state index in [-0.39, 0.29) is 6.10 Å². The fourth-order valence-electron chi connectivity index (χ4n) is 2.12. The molecule has 5 heteroatoms. The Morgan fingerprint density at radius 1 is 1.20 bits per heavy atom. The molecular weight excluding hydrogens is 260 g/mol. The second-order valence-corrected chi connectivity index (χ2v) is 5.16. The molecule has 0 bridgehead atoms. The van der Waals surface area contributed by atoms with Crippen LogP contribution in [0.2, 0.25) is 0 Å². The smallest absolute Gasteiger partial charge is 0.163 e. The van der Waals surface area contributed by atoms with E-state index in [1.54, 1.807) is 14.2 Å². The number of ether oxygens (including phenoxy) is 5. The van der Waals surface area contributed by atoms with Crippen LogP contribution in [0.15, 0.2) is 18.2 Å². The highest BCUT2D eigenvalue weighted by Crippen LogP contribution is 2.28. The summed E-state index contributed by atoms with van der Waals surface area (Å²) in [4.78, 5) is 0. The van der Waals surface area contributed by atoms with E-state index in [0.717, 1.165) is 5.56 Å². The van der Waals surface area contributed by atoms with Crippen molar-refractivity contribution in [2.24, 2.45) is 0 Å². The predicted molar refractivity (Wildman–Crippen MR) is 74.1 cm³/mol.